The van der Waals surface area contributed by atoms with Crippen molar-refractivity contribution in [2.45, 2.75) is 6.92 Å². The lowest BCUT2D eigenvalue weighted by molar-refractivity contribution is -0.129. The van der Waals surface area contributed by atoms with E-state index < -0.39 is 0 Å². The number of amides is 2. The molecule has 1 aromatic carbocycles. The number of rotatable bonds is 4. The maximum Gasteiger partial charge on any atom is 0.256 e. The molecule has 2 aromatic rings. The van der Waals surface area contributed by atoms with Gasteiger partial charge in [0.1, 0.15) is 11.6 Å². The molecule has 0 radical (unpaired) electrons. The number of methoxy groups -OCH3 is 1. The largest absolute Gasteiger partial charge is 0.497 e. The molecule has 0 unspecified atom stereocenters. The molecule has 0 aliphatic carbocycles. The molecule has 0 atom stereocenters. The van der Waals surface area contributed by atoms with E-state index in [1.165, 1.54) is 0 Å². The summed E-state index contributed by atoms with van der Waals surface area (Å²) in [6, 6.07) is 10.7. The highest BCUT2D eigenvalue weighted by molar-refractivity contribution is 6.04. The molecule has 1 aliphatic heterocycles. The summed E-state index contributed by atoms with van der Waals surface area (Å²) in [6.45, 7) is 4.57. The Labute approximate surface area is 152 Å². The molecule has 7 heteroatoms. The lowest BCUT2D eigenvalue weighted by atomic mass is 10.2. The molecule has 0 bridgehead atoms. The monoisotopic (exact) mass is 354 g/mol. The van der Waals surface area contributed by atoms with Gasteiger partial charge in [0.05, 0.1) is 19.0 Å². The van der Waals surface area contributed by atoms with Crippen molar-refractivity contribution in [2.75, 3.05) is 43.5 Å². The van der Waals surface area contributed by atoms with Gasteiger partial charge in [-0.25, -0.2) is 4.98 Å². The van der Waals surface area contributed by atoms with Crippen molar-refractivity contribution in [2.24, 2.45) is 0 Å². The van der Waals surface area contributed by atoms with E-state index in [1.807, 2.05) is 11.0 Å². The Morgan fingerprint density at radius 2 is 1.88 bits per heavy atom. The molecule has 2 amide bonds. The van der Waals surface area contributed by atoms with Crippen molar-refractivity contribution >= 4 is 23.3 Å². The molecule has 1 saturated heterocycles. The van der Waals surface area contributed by atoms with Crippen LogP contribution in [0.1, 0.15) is 17.3 Å². The van der Waals surface area contributed by atoms with Crippen LogP contribution in [0.15, 0.2) is 42.6 Å². The fraction of sp³-hybridized carbons (Fsp3) is 0.316. The molecule has 0 spiro atoms. The summed E-state index contributed by atoms with van der Waals surface area (Å²) in [5.74, 6) is 0.993. The van der Waals surface area contributed by atoms with Crippen LogP contribution >= 0.6 is 0 Å². The van der Waals surface area contributed by atoms with E-state index in [4.69, 9.17) is 4.74 Å². The maximum absolute atomic E-state index is 12.3. The van der Waals surface area contributed by atoms with Gasteiger partial charge in [-0.15, -0.1) is 0 Å². The van der Waals surface area contributed by atoms with Crippen molar-refractivity contribution in [3.05, 3.63) is 48.2 Å². The molecule has 136 valence electrons. The minimum Gasteiger partial charge on any atom is -0.497 e. The molecule has 1 aliphatic rings. The standard InChI is InChI=1S/C19H22N4O3/c1-14(24)22-8-10-23(11-9-22)16-6-7-18(20-13-16)21-19(25)15-4-3-5-17(12-15)26-2/h3-7,12-13H,8-11H2,1-2H3,(H,20,21,25). The molecular weight excluding hydrogens is 332 g/mol. The first-order valence-corrected chi connectivity index (χ1v) is 8.49. The summed E-state index contributed by atoms with van der Waals surface area (Å²) in [6.07, 6.45) is 1.74. The van der Waals surface area contributed by atoms with E-state index in [-0.39, 0.29) is 11.8 Å². The van der Waals surface area contributed by atoms with Gasteiger partial charge in [-0.3, -0.25) is 9.59 Å². The number of nitrogens with zero attached hydrogens (tertiary/aromatic N) is 3. The lowest BCUT2D eigenvalue weighted by Gasteiger charge is -2.35. The molecule has 3 rings (SSSR count). The van der Waals surface area contributed by atoms with E-state index in [0.717, 1.165) is 18.8 Å². The molecule has 2 heterocycles. The van der Waals surface area contributed by atoms with Crippen molar-refractivity contribution in [1.82, 2.24) is 9.88 Å². The second-order valence-corrected chi connectivity index (χ2v) is 6.08. The van der Waals surface area contributed by atoms with Crippen LogP contribution in [0.25, 0.3) is 0 Å². The second-order valence-electron chi connectivity index (χ2n) is 6.08. The molecule has 0 saturated carbocycles. The van der Waals surface area contributed by atoms with E-state index in [0.29, 0.717) is 30.2 Å². The number of aromatic nitrogens is 1. The Kier molecular flexibility index (Phi) is 5.36. The van der Waals surface area contributed by atoms with Crippen LogP contribution in [-0.4, -0.2) is 55.0 Å². The molecular formula is C19H22N4O3. The summed E-state index contributed by atoms with van der Waals surface area (Å²) >= 11 is 0. The van der Waals surface area contributed by atoms with Crippen LogP contribution in [0, 0.1) is 0 Å². The predicted octanol–water partition coefficient (Wildman–Crippen LogP) is 2.01. The number of anilines is 2. The average Bonchev–Trinajstić information content (AvgIpc) is 2.68. The third-order valence-corrected chi connectivity index (χ3v) is 4.41. The molecule has 1 aromatic heterocycles. The molecule has 26 heavy (non-hydrogen) atoms. The second kappa shape index (κ2) is 7.86. The zero-order valence-corrected chi connectivity index (χ0v) is 14.9. The third kappa shape index (κ3) is 4.11. The van der Waals surface area contributed by atoms with Gasteiger partial charge in [0.2, 0.25) is 5.91 Å². The Balaban J connectivity index is 1.61. The van der Waals surface area contributed by atoms with E-state index >= 15 is 0 Å². The van der Waals surface area contributed by atoms with Gasteiger partial charge in [-0.05, 0) is 30.3 Å². The first-order valence-electron chi connectivity index (χ1n) is 8.49. The summed E-state index contributed by atoms with van der Waals surface area (Å²) in [4.78, 5) is 32.1. The van der Waals surface area contributed by atoms with Crippen LogP contribution in [-0.2, 0) is 4.79 Å². The third-order valence-electron chi connectivity index (χ3n) is 4.41. The normalized spacial score (nSPS) is 14.1. The SMILES string of the molecule is COc1cccc(C(=O)Nc2ccc(N3CCN(C(C)=O)CC3)cn2)c1. The van der Waals surface area contributed by atoms with Crippen LogP contribution in [0.2, 0.25) is 0 Å². The number of pyridine rings is 1. The maximum atomic E-state index is 12.3. The van der Waals surface area contributed by atoms with Gasteiger partial charge in [0, 0.05) is 38.7 Å². The summed E-state index contributed by atoms with van der Waals surface area (Å²) < 4.78 is 5.13. The Hall–Kier alpha value is -3.09. The highest BCUT2D eigenvalue weighted by Gasteiger charge is 2.19. The Morgan fingerprint density at radius 3 is 2.50 bits per heavy atom. The number of ether oxygens (including phenoxy) is 1. The van der Waals surface area contributed by atoms with Crippen molar-refractivity contribution in [1.29, 1.82) is 0 Å². The van der Waals surface area contributed by atoms with E-state index in [9.17, 15) is 9.59 Å². The zero-order valence-electron chi connectivity index (χ0n) is 14.9. The minimum atomic E-state index is -0.237. The van der Waals surface area contributed by atoms with Gasteiger partial charge >= 0.3 is 0 Å². The highest BCUT2D eigenvalue weighted by atomic mass is 16.5. The number of hydrogen-bond acceptors (Lipinski definition) is 5. The summed E-state index contributed by atoms with van der Waals surface area (Å²) in [7, 11) is 1.56. The smallest absolute Gasteiger partial charge is 0.256 e. The fourth-order valence-corrected chi connectivity index (χ4v) is 2.88. The van der Waals surface area contributed by atoms with Crippen LogP contribution in [0.4, 0.5) is 11.5 Å². The number of carbonyl (C=O) groups is 2. The number of hydrogen-bond donors (Lipinski definition) is 1. The van der Waals surface area contributed by atoms with Crippen LogP contribution in [0.5, 0.6) is 5.75 Å². The van der Waals surface area contributed by atoms with Crippen molar-refractivity contribution in [3.63, 3.8) is 0 Å². The van der Waals surface area contributed by atoms with Gasteiger partial charge in [-0.2, -0.15) is 0 Å². The first-order chi connectivity index (χ1) is 12.6. The first kappa shape index (κ1) is 17.7. The van der Waals surface area contributed by atoms with Gasteiger partial charge < -0.3 is 19.9 Å². The number of piperazine rings is 1. The van der Waals surface area contributed by atoms with Gasteiger partial charge in [-0.1, -0.05) is 6.07 Å². The number of benzene rings is 1. The minimum absolute atomic E-state index is 0.110. The number of carbonyl (C=O) groups excluding carboxylic acids is 2. The van der Waals surface area contributed by atoms with Crippen LogP contribution in [0.3, 0.4) is 0 Å². The predicted molar refractivity (Wildman–Crippen MR) is 99.7 cm³/mol. The lowest BCUT2D eigenvalue weighted by Crippen LogP contribution is -2.48. The van der Waals surface area contributed by atoms with E-state index in [1.54, 1.807) is 50.6 Å². The van der Waals surface area contributed by atoms with Gasteiger partial charge in [0.15, 0.2) is 0 Å². The van der Waals surface area contributed by atoms with Crippen molar-refractivity contribution < 1.29 is 14.3 Å². The quantitative estimate of drug-likeness (QED) is 0.909. The number of nitrogens with one attached hydrogen (secondary N) is 1. The molecule has 1 fully saturated rings. The highest BCUT2D eigenvalue weighted by Crippen LogP contribution is 2.18. The van der Waals surface area contributed by atoms with Crippen molar-refractivity contribution in [3.8, 4) is 5.75 Å². The van der Waals surface area contributed by atoms with Gasteiger partial charge in [0.25, 0.3) is 5.91 Å². The topological polar surface area (TPSA) is 74.8 Å². The summed E-state index contributed by atoms with van der Waals surface area (Å²) in [5, 5.41) is 2.78. The van der Waals surface area contributed by atoms with Crippen LogP contribution < -0.4 is 15.0 Å². The molecule has 1 N–H and O–H groups in total. The average molecular weight is 354 g/mol. The zero-order chi connectivity index (χ0) is 18.5. The Morgan fingerprint density at radius 1 is 1.12 bits per heavy atom. The Bertz CT molecular complexity index is 784. The fourth-order valence-electron chi connectivity index (χ4n) is 2.88. The molecule has 7 nitrogen and oxygen atoms in total. The summed E-state index contributed by atoms with van der Waals surface area (Å²) in [5.41, 5.74) is 1.49. The van der Waals surface area contributed by atoms with E-state index in [2.05, 4.69) is 15.2 Å².